The largest absolute Gasteiger partial charge is 0.527 e. The van der Waals surface area contributed by atoms with Crippen molar-refractivity contribution in [3.05, 3.63) is 0 Å². The lowest BCUT2D eigenvalue weighted by atomic mass is 11.5. The van der Waals surface area contributed by atoms with Gasteiger partial charge in [-0.05, 0) is 0 Å². The predicted molar refractivity (Wildman–Crippen MR) is 14.6 cm³/mol. The van der Waals surface area contributed by atoms with E-state index in [-0.39, 0.29) is 0 Å². The van der Waals surface area contributed by atoms with Crippen LogP contribution in [0.2, 0.25) is 0 Å². The van der Waals surface area contributed by atoms with Gasteiger partial charge >= 0.3 is 6.22 Å². The van der Waals surface area contributed by atoms with Gasteiger partial charge < -0.3 is 0 Å². The Kier molecular flexibility index (Phi) is 2.31. The summed E-state index contributed by atoms with van der Waals surface area (Å²) < 4.78 is 10.7. The van der Waals surface area contributed by atoms with Crippen LogP contribution >= 0.6 is 0 Å². The Bertz CT molecular complexity index is 52.8. The van der Waals surface area contributed by atoms with Gasteiger partial charge in [0.15, 0.2) is 0 Å². The van der Waals surface area contributed by atoms with Crippen LogP contribution in [0, 0.1) is 0 Å². The number of hydrogen-bond donors (Lipinski definition) is 0. The van der Waals surface area contributed by atoms with Gasteiger partial charge in [0.05, 0.1) is 7.11 Å². The zero-order valence-electron chi connectivity index (χ0n) is 3.10. The van der Waals surface area contributed by atoms with E-state index < -0.39 is 6.22 Å². The van der Waals surface area contributed by atoms with E-state index in [1.807, 2.05) is 0 Å². The third-order valence-corrected chi connectivity index (χ3v) is 0.149. The van der Waals surface area contributed by atoms with Crippen molar-refractivity contribution in [2.45, 2.75) is 0 Å². The van der Waals surface area contributed by atoms with Crippen LogP contribution in [0.5, 0.6) is 0 Å². The van der Waals surface area contributed by atoms with Crippen LogP contribution in [0.1, 0.15) is 0 Å². The molecule has 36 valence electrons. The normalized spacial score (nSPS) is 7.67. The lowest BCUT2D eigenvalue weighted by Gasteiger charge is -1.83. The molecule has 0 aliphatic rings. The standard InChI is InChI=1S/C2H3FO3/c1-5-6-2(3)4/h1H3. The van der Waals surface area contributed by atoms with Crippen molar-refractivity contribution in [3.63, 3.8) is 0 Å². The third-order valence-electron chi connectivity index (χ3n) is 0.149. The van der Waals surface area contributed by atoms with Gasteiger partial charge in [0.25, 0.3) is 0 Å². The maximum absolute atomic E-state index is 10.7. The molecule has 0 saturated heterocycles. The minimum absolute atomic E-state index is 1.04. The van der Waals surface area contributed by atoms with Crippen LogP contribution in [0.3, 0.4) is 0 Å². The second-order valence-corrected chi connectivity index (χ2v) is 0.488. The molecule has 0 saturated carbocycles. The van der Waals surface area contributed by atoms with Crippen molar-refractivity contribution >= 4 is 6.22 Å². The summed E-state index contributed by atoms with van der Waals surface area (Å²) in [5.41, 5.74) is 0. The molecule has 0 fully saturated rings. The second-order valence-electron chi connectivity index (χ2n) is 0.488. The lowest BCUT2D eigenvalue weighted by Crippen LogP contribution is -1.90. The van der Waals surface area contributed by atoms with Crippen molar-refractivity contribution in [1.29, 1.82) is 0 Å². The molecule has 3 nitrogen and oxygen atoms in total. The Morgan fingerprint density at radius 1 is 1.83 bits per heavy atom. The first kappa shape index (κ1) is 5.36. The average Bonchev–Trinajstić information content (AvgIpc) is 1.35. The molecule has 0 bridgehead atoms. The molecule has 0 aliphatic carbocycles. The highest BCUT2D eigenvalue weighted by molar-refractivity contribution is 5.56. The van der Waals surface area contributed by atoms with Gasteiger partial charge in [-0.25, -0.2) is 4.79 Å². The molecular formula is C2H3FO3. The summed E-state index contributed by atoms with van der Waals surface area (Å²) in [4.78, 5) is 15.8. The Balaban J connectivity index is 2.83. The van der Waals surface area contributed by atoms with E-state index in [2.05, 4.69) is 9.78 Å². The highest BCUT2D eigenvalue weighted by Crippen LogP contribution is 1.77. The summed E-state index contributed by atoms with van der Waals surface area (Å²) in [5, 5.41) is 0. The summed E-state index contributed by atoms with van der Waals surface area (Å²) in [7, 11) is 1.04. The van der Waals surface area contributed by atoms with Gasteiger partial charge in [0.2, 0.25) is 0 Å². The van der Waals surface area contributed by atoms with E-state index in [1.165, 1.54) is 0 Å². The highest BCUT2D eigenvalue weighted by atomic mass is 19.1. The van der Waals surface area contributed by atoms with Gasteiger partial charge in [0, 0.05) is 0 Å². The number of carbonyl (C=O) groups excluding carboxylic acids is 1. The van der Waals surface area contributed by atoms with Gasteiger partial charge in [0.1, 0.15) is 0 Å². The molecule has 0 atom stereocenters. The number of halogens is 1. The van der Waals surface area contributed by atoms with Gasteiger partial charge in [-0.2, -0.15) is 4.89 Å². The predicted octanol–water partition coefficient (Wildman–Crippen LogP) is 0.654. The highest BCUT2D eigenvalue weighted by Gasteiger charge is 1.91. The molecular weight excluding hydrogens is 91.0 g/mol. The Labute approximate surface area is 33.6 Å². The van der Waals surface area contributed by atoms with E-state index in [0.717, 1.165) is 7.11 Å². The fourth-order valence-electron chi connectivity index (χ4n) is 0.0655. The summed E-state index contributed by atoms with van der Waals surface area (Å²) in [6.45, 7) is 0. The molecule has 0 unspecified atom stereocenters. The van der Waals surface area contributed by atoms with Crippen molar-refractivity contribution in [3.8, 4) is 0 Å². The molecule has 0 amide bonds. The average molecular weight is 94.0 g/mol. The first-order valence-corrected chi connectivity index (χ1v) is 1.17. The number of rotatable bonds is 1. The molecule has 0 rings (SSSR count). The Morgan fingerprint density at radius 3 is 2.33 bits per heavy atom. The minimum Gasteiger partial charge on any atom is -0.266 e. The zero-order chi connectivity index (χ0) is 4.99. The zero-order valence-corrected chi connectivity index (χ0v) is 3.10. The monoisotopic (exact) mass is 94.0 g/mol. The Morgan fingerprint density at radius 2 is 2.33 bits per heavy atom. The molecule has 6 heavy (non-hydrogen) atoms. The SMILES string of the molecule is COOC(=O)F. The summed E-state index contributed by atoms with van der Waals surface area (Å²) >= 11 is 0. The van der Waals surface area contributed by atoms with Crippen LogP contribution in [0.4, 0.5) is 9.18 Å². The number of hydrogen-bond acceptors (Lipinski definition) is 3. The van der Waals surface area contributed by atoms with E-state index >= 15 is 0 Å². The fraction of sp³-hybridized carbons (Fsp3) is 0.500. The Hall–Kier alpha value is -0.640. The van der Waals surface area contributed by atoms with Gasteiger partial charge in [-0.1, -0.05) is 0 Å². The molecule has 0 N–H and O–H groups in total. The third kappa shape index (κ3) is 3.36. The lowest BCUT2D eigenvalue weighted by molar-refractivity contribution is -0.220. The van der Waals surface area contributed by atoms with E-state index in [4.69, 9.17) is 4.79 Å². The van der Waals surface area contributed by atoms with Gasteiger partial charge in [-0.15, -0.1) is 4.39 Å². The van der Waals surface area contributed by atoms with Crippen LogP contribution in [-0.4, -0.2) is 13.3 Å². The maximum Gasteiger partial charge on any atom is 0.527 e. The molecule has 0 radical (unpaired) electrons. The van der Waals surface area contributed by atoms with Crippen molar-refractivity contribution in [2.75, 3.05) is 7.11 Å². The minimum atomic E-state index is -1.93. The summed E-state index contributed by atoms with van der Waals surface area (Å²) in [6, 6.07) is 0. The number of carbonyl (C=O) groups is 1. The summed E-state index contributed by atoms with van der Waals surface area (Å²) in [5.74, 6) is 0. The van der Waals surface area contributed by atoms with Gasteiger partial charge in [-0.3, -0.25) is 4.89 Å². The van der Waals surface area contributed by atoms with Crippen molar-refractivity contribution in [2.24, 2.45) is 0 Å². The molecule has 0 aromatic carbocycles. The molecule has 0 aromatic rings. The van der Waals surface area contributed by atoms with E-state index in [9.17, 15) is 4.39 Å². The summed E-state index contributed by atoms with van der Waals surface area (Å²) in [6.07, 6.45) is -1.93. The molecule has 0 spiro atoms. The molecule has 0 aromatic heterocycles. The maximum atomic E-state index is 10.7. The molecule has 0 heterocycles. The quantitative estimate of drug-likeness (QED) is 0.272. The fourth-order valence-corrected chi connectivity index (χ4v) is 0.0655. The second kappa shape index (κ2) is 2.59. The van der Waals surface area contributed by atoms with Crippen LogP contribution < -0.4 is 0 Å². The first-order chi connectivity index (χ1) is 2.77. The topological polar surface area (TPSA) is 35.5 Å². The molecule has 4 heteroatoms. The van der Waals surface area contributed by atoms with E-state index in [0.29, 0.717) is 0 Å². The smallest absolute Gasteiger partial charge is 0.266 e. The van der Waals surface area contributed by atoms with E-state index in [1.54, 1.807) is 0 Å². The van der Waals surface area contributed by atoms with Crippen molar-refractivity contribution < 1.29 is 19.0 Å². The molecule has 0 aliphatic heterocycles. The van der Waals surface area contributed by atoms with Crippen LogP contribution in [-0.2, 0) is 9.78 Å². The van der Waals surface area contributed by atoms with Crippen LogP contribution in [0.25, 0.3) is 0 Å². The van der Waals surface area contributed by atoms with Crippen LogP contribution in [0.15, 0.2) is 0 Å². The van der Waals surface area contributed by atoms with Crippen molar-refractivity contribution in [1.82, 2.24) is 0 Å². The first-order valence-electron chi connectivity index (χ1n) is 1.17.